The quantitative estimate of drug-likeness (QED) is 0.0915. The van der Waals surface area contributed by atoms with Gasteiger partial charge in [-0.3, -0.25) is 9.35 Å². The smallest absolute Gasteiger partial charge is 0.393 e. The predicted octanol–water partition coefficient (Wildman–Crippen LogP) is 7.50. The number of aliphatic hydroxyl groups excluding tert-OH is 2. The molecule has 0 aromatic heterocycles. The zero-order valence-electron chi connectivity index (χ0n) is 28.8. The summed E-state index contributed by atoms with van der Waals surface area (Å²) in [7, 11) is -4.53. The van der Waals surface area contributed by atoms with Gasteiger partial charge in [0.15, 0.2) is 5.78 Å². The molecule has 0 heterocycles. The van der Waals surface area contributed by atoms with Crippen molar-refractivity contribution in [2.75, 3.05) is 6.61 Å². The fraction of sp³-hybridized carbons (Fsp3) is 0.500. The molecule has 46 heavy (non-hydrogen) atoms. The average Bonchev–Trinajstić information content (AvgIpc) is 3.13. The number of carbonyl (C=O) groups excluding carboxylic acids is 1. The number of hydrogen-bond donors (Lipinski definition) is 3. The van der Waals surface area contributed by atoms with E-state index in [4.69, 9.17) is 8.74 Å². The van der Waals surface area contributed by atoms with E-state index in [1.165, 1.54) is 0 Å². The third-order valence-electron chi connectivity index (χ3n) is 9.09. The topological polar surface area (TPSA) is 121 Å². The number of carbonyl (C=O) groups is 1. The Kier molecular flexibility index (Phi) is 13.7. The van der Waals surface area contributed by atoms with Gasteiger partial charge in [-0.1, -0.05) is 118 Å². The Hall–Kier alpha value is -3.06. The van der Waals surface area contributed by atoms with Gasteiger partial charge < -0.3 is 10.2 Å². The van der Waals surface area contributed by atoms with E-state index in [2.05, 4.69) is 25.7 Å². The van der Waals surface area contributed by atoms with Crippen molar-refractivity contribution in [2.45, 2.75) is 100 Å². The SMILES string of the molecule is CC(C=CC=C(C#CC1=C(C)CC(OS(=O)(=O)O)CC1(C)C)CO)=CC=CC=C(C)C=CC=C(C)C(=O)C1(C)CC(O)CC1(C)C. The Morgan fingerprint density at radius 1 is 0.913 bits per heavy atom. The zero-order valence-corrected chi connectivity index (χ0v) is 29.7. The predicted molar refractivity (Wildman–Crippen MR) is 186 cm³/mol. The van der Waals surface area contributed by atoms with Gasteiger partial charge in [-0.05, 0) is 70.4 Å². The summed E-state index contributed by atoms with van der Waals surface area (Å²) in [5.74, 6) is 6.30. The van der Waals surface area contributed by atoms with Gasteiger partial charge in [-0.15, -0.1) is 0 Å². The molecule has 3 atom stereocenters. The number of Topliss-reactive ketones (excluding diaryl/α,β-unsaturated/α-hetero) is 1. The summed E-state index contributed by atoms with van der Waals surface area (Å²) >= 11 is 0. The molecule has 0 spiro atoms. The Labute approximate surface area is 276 Å². The summed E-state index contributed by atoms with van der Waals surface area (Å²) in [5.41, 5.74) is 3.73. The second kappa shape index (κ2) is 16.2. The largest absolute Gasteiger partial charge is 0.397 e. The number of ketones is 1. The third-order valence-corrected chi connectivity index (χ3v) is 9.60. The molecule has 0 aromatic rings. The first-order chi connectivity index (χ1) is 21.2. The van der Waals surface area contributed by atoms with Gasteiger partial charge in [0.1, 0.15) is 0 Å². The molecule has 3 N–H and O–H groups in total. The molecule has 2 aliphatic rings. The lowest BCUT2D eigenvalue weighted by Crippen LogP contribution is -2.38. The first kappa shape index (κ1) is 39.1. The molecular weight excluding hydrogens is 600 g/mol. The number of allylic oxidation sites excluding steroid dienone is 14. The molecule has 2 aliphatic carbocycles. The Morgan fingerprint density at radius 3 is 1.96 bits per heavy atom. The zero-order chi connectivity index (χ0) is 34.9. The monoisotopic (exact) mass is 652 g/mol. The van der Waals surface area contributed by atoms with Gasteiger partial charge in [0.2, 0.25) is 0 Å². The number of aliphatic hydroxyl groups is 2. The van der Waals surface area contributed by atoms with Gasteiger partial charge in [0.25, 0.3) is 0 Å². The van der Waals surface area contributed by atoms with E-state index in [0.717, 1.165) is 22.3 Å². The fourth-order valence-electron chi connectivity index (χ4n) is 6.29. The molecule has 8 heteroatoms. The Morgan fingerprint density at radius 2 is 1.48 bits per heavy atom. The van der Waals surface area contributed by atoms with Crippen LogP contribution >= 0.6 is 0 Å². The van der Waals surface area contributed by atoms with Crippen molar-refractivity contribution in [1.29, 1.82) is 0 Å². The maximum absolute atomic E-state index is 13.2. The third kappa shape index (κ3) is 11.3. The molecular formula is C38H52O7S. The summed E-state index contributed by atoms with van der Waals surface area (Å²) < 4.78 is 36.2. The van der Waals surface area contributed by atoms with Crippen LogP contribution in [0.3, 0.4) is 0 Å². The number of rotatable bonds is 11. The van der Waals surface area contributed by atoms with E-state index in [-0.39, 0.29) is 17.8 Å². The van der Waals surface area contributed by atoms with Crippen LogP contribution in [0, 0.1) is 28.1 Å². The fourth-order valence-corrected chi connectivity index (χ4v) is 6.77. The molecule has 0 aliphatic heterocycles. The van der Waals surface area contributed by atoms with Crippen LogP contribution in [-0.2, 0) is 19.4 Å². The second-order valence-electron chi connectivity index (χ2n) is 14.1. The molecule has 1 saturated carbocycles. The highest BCUT2D eigenvalue weighted by molar-refractivity contribution is 7.80. The van der Waals surface area contributed by atoms with Crippen molar-refractivity contribution >= 4 is 16.2 Å². The van der Waals surface area contributed by atoms with Crippen LogP contribution < -0.4 is 0 Å². The minimum atomic E-state index is -4.53. The molecule has 2 rings (SSSR count). The maximum atomic E-state index is 13.2. The maximum Gasteiger partial charge on any atom is 0.397 e. The van der Waals surface area contributed by atoms with Crippen LogP contribution in [0.4, 0.5) is 0 Å². The molecule has 1 fully saturated rings. The van der Waals surface area contributed by atoms with Crippen molar-refractivity contribution in [3.63, 3.8) is 0 Å². The van der Waals surface area contributed by atoms with Gasteiger partial charge in [-0.25, -0.2) is 4.18 Å². The van der Waals surface area contributed by atoms with E-state index in [0.29, 0.717) is 36.8 Å². The highest BCUT2D eigenvalue weighted by Crippen LogP contribution is 2.53. The summed E-state index contributed by atoms with van der Waals surface area (Å²) in [6.07, 6.45) is 19.8. The molecule has 0 bridgehead atoms. The van der Waals surface area contributed by atoms with Gasteiger partial charge >= 0.3 is 10.4 Å². The van der Waals surface area contributed by atoms with Crippen LogP contribution in [0.25, 0.3) is 0 Å². The Bertz CT molecular complexity index is 1560. The van der Waals surface area contributed by atoms with E-state index in [9.17, 15) is 23.4 Å². The van der Waals surface area contributed by atoms with Crippen molar-refractivity contribution < 1.29 is 32.2 Å². The normalized spacial score (nSPS) is 26.3. The minimum absolute atomic E-state index is 0.0901. The first-order valence-corrected chi connectivity index (χ1v) is 17.0. The molecule has 3 unspecified atom stereocenters. The summed E-state index contributed by atoms with van der Waals surface area (Å²) in [6.45, 7) is 17.4. The lowest BCUT2D eigenvalue weighted by molar-refractivity contribution is -0.128. The second-order valence-corrected chi connectivity index (χ2v) is 15.1. The van der Waals surface area contributed by atoms with E-state index < -0.39 is 33.4 Å². The van der Waals surface area contributed by atoms with Crippen LogP contribution in [0.15, 0.2) is 94.2 Å². The van der Waals surface area contributed by atoms with Crippen molar-refractivity contribution in [3.05, 3.63) is 94.2 Å². The van der Waals surface area contributed by atoms with E-state index in [1.807, 2.05) is 103 Å². The summed E-state index contributed by atoms with van der Waals surface area (Å²) in [4.78, 5) is 13.2. The molecule has 0 radical (unpaired) electrons. The molecule has 7 nitrogen and oxygen atoms in total. The van der Waals surface area contributed by atoms with Crippen molar-refractivity contribution in [1.82, 2.24) is 0 Å². The lowest BCUT2D eigenvalue weighted by Gasteiger charge is -2.36. The van der Waals surface area contributed by atoms with Crippen molar-refractivity contribution in [2.24, 2.45) is 16.2 Å². The van der Waals surface area contributed by atoms with Crippen LogP contribution in [0.2, 0.25) is 0 Å². The standard InChI is InChI=1S/C38H52O7S/c1-27(16-12-18-29(3)35(41)38(9)24-32(40)23-37(38,7)8)14-10-11-15-28(2)17-13-19-31(26-39)20-21-34-30(4)22-33(25-36(34,5)6)45-46(42,43)44/h10-19,32-33,39-40H,22-26H2,1-9H3,(H,42,43,44). The highest BCUT2D eigenvalue weighted by atomic mass is 32.3. The molecule has 0 amide bonds. The van der Waals surface area contributed by atoms with Crippen molar-refractivity contribution in [3.8, 4) is 11.8 Å². The van der Waals surface area contributed by atoms with Gasteiger partial charge in [0.05, 0.1) is 18.8 Å². The molecule has 252 valence electrons. The van der Waals surface area contributed by atoms with Crippen LogP contribution in [0.5, 0.6) is 0 Å². The first-order valence-electron chi connectivity index (χ1n) is 15.7. The van der Waals surface area contributed by atoms with Crippen LogP contribution in [-0.4, -0.2) is 47.8 Å². The number of hydrogen-bond acceptors (Lipinski definition) is 6. The summed E-state index contributed by atoms with van der Waals surface area (Å²) in [6, 6.07) is 0. The minimum Gasteiger partial charge on any atom is -0.393 e. The van der Waals surface area contributed by atoms with Gasteiger partial charge in [-0.2, -0.15) is 8.42 Å². The molecule has 0 saturated heterocycles. The van der Waals surface area contributed by atoms with E-state index >= 15 is 0 Å². The summed E-state index contributed by atoms with van der Waals surface area (Å²) in [5, 5.41) is 20.0. The van der Waals surface area contributed by atoms with Crippen LogP contribution in [0.1, 0.15) is 88.0 Å². The highest BCUT2D eigenvalue weighted by Gasteiger charge is 2.53. The molecule has 0 aromatic carbocycles. The van der Waals surface area contributed by atoms with Gasteiger partial charge in [0, 0.05) is 22.0 Å². The lowest BCUT2D eigenvalue weighted by atomic mass is 9.65. The average molecular weight is 653 g/mol. The Balaban J connectivity index is 2.01. The van der Waals surface area contributed by atoms with E-state index in [1.54, 1.807) is 6.08 Å².